The summed E-state index contributed by atoms with van der Waals surface area (Å²) in [5.74, 6) is 1.71. The van der Waals surface area contributed by atoms with Crippen LogP contribution in [0, 0.1) is 13.8 Å². The molecule has 0 bridgehead atoms. The number of rotatable bonds is 8. The van der Waals surface area contributed by atoms with Crippen molar-refractivity contribution in [1.29, 1.82) is 0 Å². The van der Waals surface area contributed by atoms with Crippen molar-refractivity contribution in [3.63, 3.8) is 0 Å². The van der Waals surface area contributed by atoms with Gasteiger partial charge in [-0.3, -0.25) is 0 Å². The molecular formula is C18H28O2. The second-order valence-electron chi connectivity index (χ2n) is 5.69. The van der Waals surface area contributed by atoms with Gasteiger partial charge in [0.05, 0.1) is 6.61 Å². The number of benzene rings is 1. The quantitative estimate of drug-likeness (QED) is 0.671. The van der Waals surface area contributed by atoms with Gasteiger partial charge in [-0.25, -0.2) is 0 Å². The van der Waals surface area contributed by atoms with Crippen LogP contribution in [0.5, 0.6) is 5.75 Å². The molecule has 2 heteroatoms. The Morgan fingerprint density at radius 2 is 1.95 bits per heavy atom. The van der Waals surface area contributed by atoms with Gasteiger partial charge in [-0.05, 0) is 57.1 Å². The molecule has 0 aliphatic heterocycles. The number of carbonyl (C=O) groups excluding carboxylic acids is 1. The van der Waals surface area contributed by atoms with Crippen molar-refractivity contribution in [2.45, 2.75) is 66.2 Å². The van der Waals surface area contributed by atoms with Crippen LogP contribution in [0.25, 0.3) is 0 Å². The lowest BCUT2D eigenvalue weighted by molar-refractivity contribution is -0.117. The van der Waals surface area contributed by atoms with Crippen molar-refractivity contribution in [3.05, 3.63) is 28.8 Å². The smallest absolute Gasteiger partial charge is 0.129 e. The van der Waals surface area contributed by atoms with Gasteiger partial charge in [0.2, 0.25) is 0 Å². The van der Waals surface area contributed by atoms with Crippen LogP contribution in [0.4, 0.5) is 0 Å². The lowest BCUT2D eigenvalue weighted by Crippen LogP contribution is -2.07. The molecule has 0 spiro atoms. The zero-order chi connectivity index (χ0) is 15.1. The van der Waals surface area contributed by atoms with E-state index in [9.17, 15) is 4.79 Å². The van der Waals surface area contributed by atoms with Crippen LogP contribution >= 0.6 is 0 Å². The Bertz CT molecular complexity index is 449. The number of carbonyl (C=O) groups is 1. The highest BCUT2D eigenvalue weighted by Crippen LogP contribution is 2.36. The molecule has 1 rings (SSSR count). The van der Waals surface area contributed by atoms with Gasteiger partial charge in [0.25, 0.3) is 0 Å². The zero-order valence-corrected chi connectivity index (χ0v) is 13.6. The van der Waals surface area contributed by atoms with Crippen LogP contribution in [0.15, 0.2) is 12.1 Å². The molecule has 0 N–H and O–H groups in total. The van der Waals surface area contributed by atoms with Crippen molar-refractivity contribution in [2.75, 3.05) is 6.61 Å². The fourth-order valence-electron chi connectivity index (χ4n) is 2.65. The van der Waals surface area contributed by atoms with E-state index in [1.165, 1.54) is 16.7 Å². The largest absolute Gasteiger partial charge is 0.493 e. The number of aryl methyl sites for hydroxylation is 2. The summed E-state index contributed by atoms with van der Waals surface area (Å²) in [5, 5.41) is 0. The van der Waals surface area contributed by atoms with E-state index in [2.05, 4.69) is 39.8 Å². The minimum Gasteiger partial charge on any atom is -0.493 e. The Morgan fingerprint density at radius 1 is 1.25 bits per heavy atom. The standard InChI is InChI=1S/C18H28O2/c1-6-10-20-18-14(4)11-13(3)12-17(18)16(7-2)9-8-15(5)19/h11-12,16H,6-10H2,1-5H3. The summed E-state index contributed by atoms with van der Waals surface area (Å²) in [5.41, 5.74) is 3.75. The van der Waals surface area contributed by atoms with E-state index in [0.717, 1.165) is 31.6 Å². The highest BCUT2D eigenvalue weighted by molar-refractivity contribution is 5.75. The lowest BCUT2D eigenvalue weighted by atomic mass is 9.88. The minimum absolute atomic E-state index is 0.267. The average Bonchev–Trinajstić information content (AvgIpc) is 2.38. The van der Waals surface area contributed by atoms with Gasteiger partial charge in [-0.1, -0.05) is 31.5 Å². The lowest BCUT2D eigenvalue weighted by Gasteiger charge is -2.21. The second kappa shape index (κ2) is 8.08. The molecule has 0 saturated heterocycles. The van der Waals surface area contributed by atoms with E-state index in [0.29, 0.717) is 12.3 Å². The van der Waals surface area contributed by atoms with Gasteiger partial charge >= 0.3 is 0 Å². The minimum atomic E-state index is 0.267. The van der Waals surface area contributed by atoms with Crippen molar-refractivity contribution < 1.29 is 9.53 Å². The molecule has 0 aliphatic carbocycles. The van der Waals surface area contributed by atoms with E-state index >= 15 is 0 Å². The summed E-state index contributed by atoms with van der Waals surface area (Å²) in [4.78, 5) is 11.3. The van der Waals surface area contributed by atoms with Crippen molar-refractivity contribution >= 4 is 5.78 Å². The van der Waals surface area contributed by atoms with Crippen LogP contribution in [0.2, 0.25) is 0 Å². The van der Waals surface area contributed by atoms with Gasteiger partial charge in [-0.15, -0.1) is 0 Å². The summed E-state index contributed by atoms with van der Waals surface area (Å²) in [7, 11) is 0. The van der Waals surface area contributed by atoms with E-state index < -0.39 is 0 Å². The maximum atomic E-state index is 11.3. The van der Waals surface area contributed by atoms with Crippen molar-refractivity contribution in [1.82, 2.24) is 0 Å². The Balaban J connectivity index is 3.07. The van der Waals surface area contributed by atoms with Gasteiger partial charge in [0.1, 0.15) is 11.5 Å². The predicted octanol–water partition coefficient (Wildman–Crippen LogP) is 4.96. The van der Waals surface area contributed by atoms with E-state index in [1.54, 1.807) is 6.92 Å². The molecule has 1 unspecified atom stereocenters. The Morgan fingerprint density at radius 3 is 2.50 bits per heavy atom. The summed E-state index contributed by atoms with van der Waals surface area (Å²) in [6, 6.07) is 4.40. The van der Waals surface area contributed by atoms with Crippen LogP contribution < -0.4 is 4.74 Å². The third-order valence-electron chi connectivity index (χ3n) is 3.68. The van der Waals surface area contributed by atoms with Crippen LogP contribution in [0.1, 0.15) is 69.1 Å². The molecule has 0 saturated carbocycles. The predicted molar refractivity (Wildman–Crippen MR) is 84.6 cm³/mol. The number of hydrogen-bond donors (Lipinski definition) is 0. The summed E-state index contributed by atoms with van der Waals surface area (Å²) in [6.45, 7) is 11.0. The third kappa shape index (κ3) is 4.66. The normalized spacial score (nSPS) is 12.2. The first-order valence-electron chi connectivity index (χ1n) is 7.72. The SMILES string of the molecule is CCCOc1c(C)cc(C)cc1C(CC)CCC(C)=O. The molecule has 2 nitrogen and oxygen atoms in total. The molecule has 0 fully saturated rings. The van der Waals surface area contributed by atoms with Crippen LogP contribution in [-0.4, -0.2) is 12.4 Å². The molecule has 1 atom stereocenters. The maximum absolute atomic E-state index is 11.3. The molecule has 0 amide bonds. The summed E-state index contributed by atoms with van der Waals surface area (Å²) >= 11 is 0. The molecule has 1 aromatic rings. The van der Waals surface area contributed by atoms with Crippen LogP contribution in [0.3, 0.4) is 0 Å². The highest BCUT2D eigenvalue weighted by atomic mass is 16.5. The first-order valence-corrected chi connectivity index (χ1v) is 7.72. The Labute approximate surface area is 123 Å². The molecule has 0 aliphatic rings. The third-order valence-corrected chi connectivity index (χ3v) is 3.68. The molecule has 112 valence electrons. The fraction of sp³-hybridized carbons (Fsp3) is 0.611. The molecule has 20 heavy (non-hydrogen) atoms. The first-order chi connectivity index (χ1) is 9.49. The summed E-state index contributed by atoms with van der Waals surface area (Å²) < 4.78 is 5.98. The Hall–Kier alpha value is -1.31. The topological polar surface area (TPSA) is 26.3 Å². The van der Waals surface area contributed by atoms with Crippen molar-refractivity contribution in [3.8, 4) is 5.75 Å². The molecule has 0 heterocycles. The average molecular weight is 276 g/mol. The van der Waals surface area contributed by atoms with E-state index in [4.69, 9.17) is 4.74 Å². The number of ketones is 1. The molecule has 0 aromatic heterocycles. The van der Waals surface area contributed by atoms with Crippen molar-refractivity contribution in [2.24, 2.45) is 0 Å². The second-order valence-corrected chi connectivity index (χ2v) is 5.69. The maximum Gasteiger partial charge on any atom is 0.129 e. The molecule has 1 aromatic carbocycles. The van der Waals surface area contributed by atoms with Crippen LogP contribution in [-0.2, 0) is 4.79 Å². The number of Topliss-reactive ketones (excluding diaryl/α,β-unsaturated/α-hetero) is 1. The van der Waals surface area contributed by atoms with Gasteiger partial charge in [0, 0.05) is 6.42 Å². The summed E-state index contributed by atoms with van der Waals surface area (Å²) in [6.07, 6.45) is 3.62. The Kier molecular flexibility index (Phi) is 6.77. The van der Waals surface area contributed by atoms with Gasteiger partial charge in [-0.2, -0.15) is 0 Å². The van der Waals surface area contributed by atoms with E-state index in [-0.39, 0.29) is 5.78 Å². The molecular weight excluding hydrogens is 248 g/mol. The fourth-order valence-corrected chi connectivity index (χ4v) is 2.65. The van der Waals surface area contributed by atoms with Gasteiger partial charge < -0.3 is 9.53 Å². The monoisotopic (exact) mass is 276 g/mol. The number of ether oxygens (including phenoxy) is 1. The van der Waals surface area contributed by atoms with E-state index in [1.807, 2.05) is 0 Å². The number of hydrogen-bond acceptors (Lipinski definition) is 2. The van der Waals surface area contributed by atoms with Gasteiger partial charge in [0.15, 0.2) is 0 Å². The molecule has 0 radical (unpaired) electrons. The zero-order valence-electron chi connectivity index (χ0n) is 13.6. The highest BCUT2D eigenvalue weighted by Gasteiger charge is 2.17. The first kappa shape index (κ1) is 16.7.